The Bertz CT molecular complexity index is 458. The molecule has 0 saturated heterocycles. The maximum Gasteiger partial charge on any atom is 0.238 e. The van der Waals surface area contributed by atoms with Gasteiger partial charge in [0.2, 0.25) is 5.91 Å². The van der Waals surface area contributed by atoms with Crippen LogP contribution in [0.15, 0.2) is 36.4 Å². The van der Waals surface area contributed by atoms with E-state index in [0.29, 0.717) is 24.6 Å². The Morgan fingerprint density at radius 1 is 1.30 bits per heavy atom. The molecule has 1 N–H and O–H groups in total. The molecule has 110 valence electrons. The molecule has 1 aromatic carbocycles. The lowest BCUT2D eigenvalue weighted by atomic mass is 10.2. The van der Waals surface area contributed by atoms with Crippen molar-refractivity contribution in [2.45, 2.75) is 20.8 Å². The Balaban J connectivity index is 2.63. The van der Waals surface area contributed by atoms with E-state index in [1.165, 1.54) is 0 Å². The van der Waals surface area contributed by atoms with Gasteiger partial charge in [-0.05, 0) is 32.5 Å². The molecule has 0 bridgehead atoms. The van der Waals surface area contributed by atoms with Crippen molar-refractivity contribution in [3.8, 4) is 5.75 Å². The van der Waals surface area contributed by atoms with Crippen LogP contribution in [0, 0.1) is 0 Å². The van der Waals surface area contributed by atoms with E-state index >= 15 is 0 Å². The van der Waals surface area contributed by atoms with Crippen LogP contribution >= 0.6 is 0 Å². The van der Waals surface area contributed by atoms with Crippen LogP contribution in [0.1, 0.15) is 20.8 Å². The summed E-state index contributed by atoms with van der Waals surface area (Å²) in [5, 5.41) is 2.90. The van der Waals surface area contributed by atoms with Crippen molar-refractivity contribution in [3.05, 3.63) is 36.4 Å². The van der Waals surface area contributed by atoms with Crippen LogP contribution in [0.25, 0.3) is 0 Å². The minimum atomic E-state index is -0.0414. The number of carbonyl (C=O) groups excluding carboxylic acids is 1. The van der Waals surface area contributed by atoms with Gasteiger partial charge in [0, 0.05) is 6.54 Å². The first kappa shape index (κ1) is 16.2. The topological polar surface area (TPSA) is 41.6 Å². The van der Waals surface area contributed by atoms with Crippen molar-refractivity contribution >= 4 is 11.6 Å². The van der Waals surface area contributed by atoms with Gasteiger partial charge in [-0.2, -0.15) is 0 Å². The predicted molar refractivity (Wildman–Crippen MR) is 83.2 cm³/mol. The number of amides is 1. The van der Waals surface area contributed by atoms with Crippen molar-refractivity contribution in [2.24, 2.45) is 0 Å². The summed E-state index contributed by atoms with van der Waals surface area (Å²) in [7, 11) is 0. The molecule has 20 heavy (non-hydrogen) atoms. The number of nitrogens with zero attached hydrogens (tertiary/aromatic N) is 1. The first-order chi connectivity index (χ1) is 9.56. The van der Waals surface area contributed by atoms with E-state index in [1.54, 1.807) is 0 Å². The largest absolute Gasteiger partial charge is 0.492 e. The van der Waals surface area contributed by atoms with Gasteiger partial charge >= 0.3 is 0 Å². The van der Waals surface area contributed by atoms with Crippen molar-refractivity contribution in [1.82, 2.24) is 4.90 Å². The molecule has 0 fully saturated rings. The highest BCUT2D eigenvalue weighted by molar-refractivity contribution is 5.93. The number of carbonyl (C=O) groups is 1. The highest BCUT2D eigenvalue weighted by Gasteiger charge is 2.11. The normalized spacial score (nSPS) is 10.4. The number of likely N-dealkylation sites (N-methyl/N-ethyl adjacent to an activating group) is 1. The van der Waals surface area contributed by atoms with Crippen LogP contribution in [0.3, 0.4) is 0 Å². The zero-order valence-corrected chi connectivity index (χ0v) is 12.6. The van der Waals surface area contributed by atoms with Gasteiger partial charge < -0.3 is 10.1 Å². The Labute approximate surface area is 121 Å². The fourth-order valence-electron chi connectivity index (χ4n) is 1.91. The highest BCUT2D eigenvalue weighted by atomic mass is 16.5. The summed E-state index contributed by atoms with van der Waals surface area (Å²) in [6.45, 7) is 12.3. The van der Waals surface area contributed by atoms with Crippen LogP contribution in [-0.2, 0) is 4.79 Å². The van der Waals surface area contributed by atoms with Gasteiger partial charge in [0.1, 0.15) is 5.75 Å². The number of benzene rings is 1. The third-order valence-corrected chi connectivity index (χ3v) is 2.77. The van der Waals surface area contributed by atoms with Gasteiger partial charge in [0.05, 0.1) is 18.8 Å². The van der Waals surface area contributed by atoms with Crippen LogP contribution < -0.4 is 10.1 Å². The first-order valence-corrected chi connectivity index (χ1v) is 6.95. The third-order valence-electron chi connectivity index (χ3n) is 2.77. The molecule has 4 heteroatoms. The molecular formula is C16H24N2O2. The molecule has 0 spiro atoms. The molecule has 0 aliphatic carbocycles. The predicted octanol–water partition coefficient (Wildman–Crippen LogP) is 2.92. The lowest BCUT2D eigenvalue weighted by Crippen LogP contribution is -2.34. The number of anilines is 1. The van der Waals surface area contributed by atoms with E-state index in [0.717, 1.165) is 18.7 Å². The molecule has 0 saturated carbocycles. The van der Waals surface area contributed by atoms with E-state index in [4.69, 9.17) is 4.74 Å². The summed E-state index contributed by atoms with van der Waals surface area (Å²) < 4.78 is 5.49. The molecule has 0 heterocycles. The quantitative estimate of drug-likeness (QED) is 0.742. The zero-order chi connectivity index (χ0) is 15.0. The summed E-state index contributed by atoms with van der Waals surface area (Å²) >= 11 is 0. The smallest absolute Gasteiger partial charge is 0.238 e. The molecule has 4 nitrogen and oxygen atoms in total. The minimum absolute atomic E-state index is 0.0414. The number of hydrogen-bond donors (Lipinski definition) is 1. The lowest BCUT2D eigenvalue weighted by Gasteiger charge is -2.20. The fraction of sp³-hybridized carbons (Fsp3) is 0.438. The number of para-hydroxylation sites is 2. The number of ether oxygens (including phenoxy) is 1. The molecule has 1 aromatic rings. The van der Waals surface area contributed by atoms with Crippen LogP contribution in [0.2, 0.25) is 0 Å². The molecule has 0 radical (unpaired) electrons. The summed E-state index contributed by atoms with van der Waals surface area (Å²) in [6, 6.07) is 7.46. The van der Waals surface area contributed by atoms with Crippen LogP contribution in [0.5, 0.6) is 5.75 Å². The zero-order valence-electron chi connectivity index (χ0n) is 12.6. The second-order valence-electron chi connectivity index (χ2n) is 4.74. The Kier molecular flexibility index (Phi) is 6.81. The van der Waals surface area contributed by atoms with Gasteiger partial charge in [-0.15, -0.1) is 0 Å². The summed E-state index contributed by atoms with van der Waals surface area (Å²) in [4.78, 5) is 14.1. The van der Waals surface area contributed by atoms with E-state index in [2.05, 4.69) is 11.9 Å². The maximum atomic E-state index is 12.1. The first-order valence-electron chi connectivity index (χ1n) is 6.95. The van der Waals surface area contributed by atoms with E-state index < -0.39 is 0 Å². The summed E-state index contributed by atoms with van der Waals surface area (Å²) in [6.07, 6.45) is 0. The summed E-state index contributed by atoms with van der Waals surface area (Å²) in [5.74, 6) is 0.659. The molecule has 0 aliphatic rings. The molecule has 0 atom stereocenters. The van der Waals surface area contributed by atoms with Gasteiger partial charge in [-0.3, -0.25) is 9.69 Å². The monoisotopic (exact) mass is 276 g/mol. The highest BCUT2D eigenvalue weighted by Crippen LogP contribution is 2.23. The van der Waals surface area contributed by atoms with Gasteiger partial charge in [0.25, 0.3) is 0 Å². The molecule has 0 aliphatic heterocycles. The second-order valence-corrected chi connectivity index (χ2v) is 4.74. The molecular weight excluding hydrogens is 252 g/mol. The molecule has 1 rings (SSSR count). The Morgan fingerprint density at radius 3 is 2.60 bits per heavy atom. The SMILES string of the molecule is C=C(C)CN(CC)CC(=O)Nc1ccccc1OCC. The average Bonchev–Trinajstić information content (AvgIpc) is 2.40. The second kappa shape index (κ2) is 8.38. The molecule has 1 amide bonds. The molecule has 0 aromatic heterocycles. The number of rotatable bonds is 8. The van der Waals surface area contributed by atoms with Crippen molar-refractivity contribution in [1.29, 1.82) is 0 Å². The lowest BCUT2D eigenvalue weighted by molar-refractivity contribution is -0.117. The van der Waals surface area contributed by atoms with Crippen molar-refractivity contribution in [3.63, 3.8) is 0 Å². The van der Waals surface area contributed by atoms with Crippen LogP contribution in [-0.4, -0.2) is 37.0 Å². The third kappa shape index (κ3) is 5.45. The number of nitrogens with one attached hydrogen (secondary N) is 1. The van der Waals surface area contributed by atoms with Gasteiger partial charge in [0.15, 0.2) is 0 Å². The van der Waals surface area contributed by atoms with E-state index in [-0.39, 0.29) is 5.91 Å². The van der Waals surface area contributed by atoms with Gasteiger partial charge in [-0.1, -0.05) is 31.2 Å². The Hall–Kier alpha value is -1.81. The average molecular weight is 276 g/mol. The van der Waals surface area contributed by atoms with Crippen LogP contribution in [0.4, 0.5) is 5.69 Å². The van der Waals surface area contributed by atoms with E-state index in [9.17, 15) is 4.79 Å². The van der Waals surface area contributed by atoms with Crippen molar-refractivity contribution in [2.75, 3.05) is 31.6 Å². The fourth-order valence-corrected chi connectivity index (χ4v) is 1.91. The Morgan fingerprint density at radius 2 is 2.00 bits per heavy atom. The maximum absolute atomic E-state index is 12.1. The summed E-state index contributed by atoms with van der Waals surface area (Å²) in [5.41, 5.74) is 1.76. The van der Waals surface area contributed by atoms with E-state index in [1.807, 2.05) is 49.9 Å². The minimum Gasteiger partial charge on any atom is -0.492 e. The standard InChI is InChI=1S/C16H24N2O2/c1-5-18(11-13(3)4)12-16(19)17-14-9-7-8-10-15(14)20-6-2/h7-10H,3,5-6,11-12H2,1-2,4H3,(H,17,19). The van der Waals surface area contributed by atoms with Gasteiger partial charge in [-0.25, -0.2) is 0 Å². The molecule has 0 unspecified atom stereocenters. The number of hydrogen-bond acceptors (Lipinski definition) is 3. The van der Waals surface area contributed by atoms with Crippen molar-refractivity contribution < 1.29 is 9.53 Å².